The van der Waals surface area contributed by atoms with E-state index in [1.165, 1.54) is 0 Å². The highest BCUT2D eigenvalue weighted by Crippen LogP contribution is 2.58. The third-order valence-corrected chi connectivity index (χ3v) is 6.15. The second kappa shape index (κ2) is 10.1. The number of carbonyl (C=O) groups excluding carboxylic acids is 2. The molecule has 6 nitrogen and oxygen atoms in total. The molecule has 0 radical (unpaired) electrons. The van der Waals surface area contributed by atoms with Crippen molar-refractivity contribution in [1.82, 2.24) is 0 Å². The van der Waals surface area contributed by atoms with Crippen LogP contribution in [-0.2, 0) is 28.5 Å². The number of benzene rings is 1. The third kappa shape index (κ3) is 5.66. The van der Waals surface area contributed by atoms with Gasteiger partial charge >= 0.3 is 11.9 Å². The van der Waals surface area contributed by atoms with E-state index in [0.29, 0.717) is 51.1 Å². The zero-order valence-corrected chi connectivity index (χ0v) is 19.2. The topological polar surface area (TPSA) is 71.1 Å². The van der Waals surface area contributed by atoms with Crippen molar-refractivity contribution >= 4 is 11.9 Å². The highest BCUT2D eigenvalue weighted by Gasteiger charge is 2.66. The van der Waals surface area contributed by atoms with Crippen LogP contribution >= 0.6 is 0 Å². The molecule has 0 atom stereocenters. The highest BCUT2D eigenvalue weighted by molar-refractivity contribution is 6.01. The first-order chi connectivity index (χ1) is 14.8. The molecule has 1 aromatic carbocycles. The van der Waals surface area contributed by atoms with Crippen molar-refractivity contribution in [2.75, 3.05) is 26.4 Å². The lowest BCUT2D eigenvalue weighted by atomic mass is 9.53. The second-order valence-corrected chi connectivity index (χ2v) is 9.94. The van der Waals surface area contributed by atoms with Gasteiger partial charge in [-0.15, -0.1) is 0 Å². The Hall–Kier alpha value is -1.92. The van der Waals surface area contributed by atoms with E-state index in [1.54, 1.807) is 0 Å². The van der Waals surface area contributed by atoms with E-state index in [0.717, 1.165) is 18.4 Å². The van der Waals surface area contributed by atoms with Crippen molar-refractivity contribution in [3.63, 3.8) is 0 Å². The Balaban J connectivity index is 1.62. The summed E-state index contributed by atoms with van der Waals surface area (Å²) in [5.74, 6) is -0.105. The van der Waals surface area contributed by atoms with Gasteiger partial charge in [0.1, 0.15) is 0 Å². The average molecular weight is 433 g/mol. The summed E-state index contributed by atoms with van der Waals surface area (Å²) in [6.07, 6.45) is 1.78. The monoisotopic (exact) mass is 432 g/mol. The molecule has 31 heavy (non-hydrogen) atoms. The molecule has 0 bridgehead atoms. The molecule has 0 amide bonds. The van der Waals surface area contributed by atoms with Gasteiger partial charge in [0.25, 0.3) is 0 Å². The smallest absolute Gasteiger partial charge is 0.323 e. The Bertz CT molecular complexity index is 698. The zero-order valence-electron chi connectivity index (χ0n) is 19.2. The fourth-order valence-electron chi connectivity index (χ4n) is 4.25. The summed E-state index contributed by atoms with van der Waals surface area (Å²) in [5.41, 5.74) is -0.649. The SMILES string of the molecule is CC(C)CCOC(=O)C1(C(=O)OCCC(C)C)CC2(COC(c3ccccc3)OC2)C1. The van der Waals surface area contributed by atoms with Gasteiger partial charge in [-0.1, -0.05) is 58.0 Å². The Morgan fingerprint density at radius 1 is 0.903 bits per heavy atom. The van der Waals surface area contributed by atoms with Crippen LogP contribution in [-0.4, -0.2) is 38.4 Å². The molecular formula is C25H36O6. The van der Waals surface area contributed by atoms with Gasteiger partial charge in [0.15, 0.2) is 11.7 Å². The van der Waals surface area contributed by atoms with Crippen LogP contribution in [0.3, 0.4) is 0 Å². The number of ether oxygens (including phenoxy) is 4. The van der Waals surface area contributed by atoms with Gasteiger partial charge in [0.2, 0.25) is 0 Å². The fraction of sp³-hybridized carbons (Fsp3) is 0.680. The molecule has 1 saturated carbocycles. The lowest BCUT2D eigenvalue weighted by molar-refractivity contribution is -0.273. The van der Waals surface area contributed by atoms with Crippen LogP contribution in [0.25, 0.3) is 0 Å². The number of rotatable bonds is 9. The van der Waals surface area contributed by atoms with E-state index >= 15 is 0 Å². The number of carbonyl (C=O) groups is 2. The molecule has 1 heterocycles. The fourth-order valence-corrected chi connectivity index (χ4v) is 4.25. The summed E-state index contributed by atoms with van der Waals surface area (Å²) >= 11 is 0. The lowest BCUT2D eigenvalue weighted by Crippen LogP contribution is -2.61. The predicted molar refractivity (Wildman–Crippen MR) is 116 cm³/mol. The van der Waals surface area contributed by atoms with Gasteiger partial charge in [-0.3, -0.25) is 9.59 Å². The molecule has 1 aliphatic heterocycles. The largest absolute Gasteiger partial charge is 0.465 e. The summed E-state index contributed by atoms with van der Waals surface area (Å²) < 4.78 is 23.0. The number of hydrogen-bond acceptors (Lipinski definition) is 6. The molecule has 1 spiro atoms. The van der Waals surface area contributed by atoms with Gasteiger partial charge in [-0.2, -0.15) is 0 Å². The second-order valence-electron chi connectivity index (χ2n) is 9.94. The van der Waals surface area contributed by atoms with Gasteiger partial charge < -0.3 is 18.9 Å². The van der Waals surface area contributed by atoms with Gasteiger partial charge in [-0.25, -0.2) is 0 Å². The van der Waals surface area contributed by atoms with Crippen LogP contribution in [0.5, 0.6) is 0 Å². The van der Waals surface area contributed by atoms with Crippen LogP contribution in [0.2, 0.25) is 0 Å². The van der Waals surface area contributed by atoms with Crippen molar-refractivity contribution in [3.8, 4) is 0 Å². The summed E-state index contributed by atoms with van der Waals surface area (Å²) in [4.78, 5) is 25.9. The molecule has 0 N–H and O–H groups in total. The number of hydrogen-bond donors (Lipinski definition) is 0. The Morgan fingerprint density at radius 3 is 1.84 bits per heavy atom. The molecule has 172 valence electrons. The van der Waals surface area contributed by atoms with Gasteiger partial charge in [-0.05, 0) is 37.5 Å². The van der Waals surface area contributed by atoms with Crippen molar-refractivity contribution in [2.24, 2.45) is 22.7 Å². The third-order valence-electron chi connectivity index (χ3n) is 6.15. The number of esters is 2. The zero-order chi connectivity index (χ0) is 22.5. The maximum Gasteiger partial charge on any atom is 0.323 e. The van der Waals surface area contributed by atoms with E-state index in [1.807, 2.05) is 30.3 Å². The maximum absolute atomic E-state index is 13.0. The van der Waals surface area contributed by atoms with Crippen molar-refractivity contribution < 1.29 is 28.5 Å². The van der Waals surface area contributed by atoms with Gasteiger partial charge in [0.05, 0.1) is 26.4 Å². The first kappa shape index (κ1) is 23.7. The van der Waals surface area contributed by atoms with E-state index < -0.39 is 23.6 Å². The molecule has 0 unspecified atom stereocenters. The van der Waals surface area contributed by atoms with Crippen LogP contribution in [0, 0.1) is 22.7 Å². The van der Waals surface area contributed by atoms with E-state index in [4.69, 9.17) is 18.9 Å². The minimum absolute atomic E-state index is 0.313. The standard InChI is InChI=1S/C25H36O6/c1-18(2)10-12-28-22(26)25(23(27)29-13-11-19(3)4)14-24(15-25)16-30-21(31-17-24)20-8-6-5-7-9-20/h5-9,18-19,21H,10-17H2,1-4H3. The molecule has 1 saturated heterocycles. The average Bonchev–Trinajstić information content (AvgIpc) is 2.72. The first-order valence-electron chi connectivity index (χ1n) is 11.4. The minimum Gasteiger partial charge on any atom is -0.465 e. The van der Waals surface area contributed by atoms with Crippen molar-refractivity contribution in [1.29, 1.82) is 0 Å². The van der Waals surface area contributed by atoms with E-state index in [-0.39, 0.29) is 5.41 Å². The molecule has 2 fully saturated rings. The van der Waals surface area contributed by atoms with Crippen molar-refractivity contribution in [2.45, 2.75) is 59.7 Å². The Morgan fingerprint density at radius 2 is 1.39 bits per heavy atom. The summed E-state index contributed by atoms with van der Waals surface area (Å²) in [7, 11) is 0. The quantitative estimate of drug-likeness (QED) is 0.417. The van der Waals surface area contributed by atoms with Crippen LogP contribution < -0.4 is 0 Å². The molecule has 0 aromatic heterocycles. The van der Waals surface area contributed by atoms with Gasteiger partial charge in [0, 0.05) is 11.0 Å². The Labute approximate surface area is 185 Å². The van der Waals surface area contributed by atoms with Crippen molar-refractivity contribution in [3.05, 3.63) is 35.9 Å². The minimum atomic E-state index is -1.25. The van der Waals surface area contributed by atoms with Crippen LogP contribution in [0.1, 0.15) is 65.2 Å². The predicted octanol–water partition coefficient (Wildman–Crippen LogP) is 4.68. The lowest BCUT2D eigenvalue weighted by Gasteiger charge is -2.54. The molecule has 1 aromatic rings. The Kier molecular flexibility index (Phi) is 7.76. The highest BCUT2D eigenvalue weighted by atomic mass is 16.7. The summed E-state index contributed by atoms with van der Waals surface area (Å²) in [5, 5.41) is 0. The summed E-state index contributed by atoms with van der Waals surface area (Å²) in [6.45, 7) is 9.79. The van der Waals surface area contributed by atoms with E-state index in [2.05, 4.69) is 27.7 Å². The first-order valence-corrected chi connectivity index (χ1v) is 11.4. The molecule has 6 heteroatoms. The summed E-state index contributed by atoms with van der Waals surface area (Å²) in [6, 6.07) is 9.77. The molecule has 3 rings (SSSR count). The normalized spacial score (nSPS) is 19.9. The molecular weight excluding hydrogens is 396 g/mol. The van der Waals surface area contributed by atoms with Crippen LogP contribution in [0.4, 0.5) is 0 Å². The van der Waals surface area contributed by atoms with Crippen LogP contribution in [0.15, 0.2) is 30.3 Å². The van der Waals surface area contributed by atoms with E-state index in [9.17, 15) is 9.59 Å². The molecule has 1 aliphatic carbocycles. The maximum atomic E-state index is 13.0. The molecule has 2 aliphatic rings.